The van der Waals surface area contributed by atoms with Gasteiger partial charge in [-0.15, -0.1) is 0 Å². The first-order chi connectivity index (χ1) is 3.68. The van der Waals surface area contributed by atoms with E-state index >= 15 is 0 Å². The average molecular weight is 368 g/mol. The van der Waals surface area contributed by atoms with Gasteiger partial charge in [0.2, 0.25) is 0 Å². The van der Waals surface area contributed by atoms with Gasteiger partial charge in [0.1, 0.15) is 0 Å². The second-order valence-corrected chi connectivity index (χ2v) is 1.28. The Hall–Kier alpha value is 0.208. The van der Waals surface area contributed by atoms with Gasteiger partial charge in [0, 0.05) is 0 Å². The summed E-state index contributed by atoms with van der Waals surface area (Å²) in [5.41, 5.74) is 0. The van der Waals surface area contributed by atoms with Crippen molar-refractivity contribution in [2.75, 3.05) is 0 Å². The molecule has 0 aliphatic rings. The van der Waals surface area contributed by atoms with Crippen LogP contribution in [0.3, 0.4) is 0 Å². The molecule has 0 aromatic carbocycles. The van der Waals surface area contributed by atoms with Crippen LogP contribution in [-0.4, -0.2) is 43.2 Å². The van der Waals surface area contributed by atoms with Crippen LogP contribution in [-0.2, 0) is 33.5 Å². The molecular weight excluding hydrogens is 364 g/mol. The third-order valence-corrected chi connectivity index (χ3v) is 0.670. The maximum atomic E-state index is 9.74. The predicted molar refractivity (Wildman–Crippen MR) is 24.4 cm³/mol. The Morgan fingerprint density at radius 1 is 1.44 bits per heavy atom. The van der Waals surface area contributed by atoms with Crippen LogP contribution in [0.4, 0.5) is 0 Å². The molecule has 1 N–H and O–H groups in total. The quantitative estimate of drug-likeness (QED) is 0.419. The Labute approximate surface area is 76.5 Å². The molecule has 0 spiro atoms. The molecular formula is C2H4BiO5V. The number of hydrogen-bond acceptors (Lipinski definition) is 4. The zero-order valence-corrected chi connectivity index (χ0v) is 11.1. The van der Waals surface area contributed by atoms with Crippen molar-refractivity contribution < 1.29 is 38.6 Å². The van der Waals surface area contributed by atoms with Crippen molar-refractivity contribution in [3.05, 3.63) is 0 Å². The van der Waals surface area contributed by atoms with Crippen LogP contribution in [0.1, 0.15) is 0 Å². The van der Waals surface area contributed by atoms with Crippen LogP contribution in [0.2, 0.25) is 0 Å². The Morgan fingerprint density at radius 2 is 1.89 bits per heavy atom. The summed E-state index contributed by atoms with van der Waals surface area (Å²) in [6.45, 7) is 0. The van der Waals surface area contributed by atoms with E-state index in [1.54, 1.807) is 0 Å². The van der Waals surface area contributed by atoms with Gasteiger partial charge in [-0.1, -0.05) is 0 Å². The van der Waals surface area contributed by atoms with Gasteiger partial charge >= 0.3 is 76.8 Å². The number of carbonyl (C=O) groups excluding carboxylic acids is 1. The van der Waals surface area contributed by atoms with Crippen molar-refractivity contribution in [1.29, 1.82) is 0 Å². The van der Waals surface area contributed by atoms with Crippen molar-refractivity contribution in [2.45, 2.75) is 0 Å². The van der Waals surface area contributed by atoms with E-state index < -0.39 is 28.5 Å². The molecule has 0 rings (SSSR count). The first-order valence-electron chi connectivity index (χ1n) is 1.45. The zero-order valence-electron chi connectivity index (χ0n) is 4.23. The van der Waals surface area contributed by atoms with E-state index in [4.69, 9.17) is 5.11 Å². The Kier molecular flexibility index (Phi) is 8.40. The van der Waals surface area contributed by atoms with Gasteiger partial charge in [-0.2, -0.15) is 0 Å². The van der Waals surface area contributed by atoms with Gasteiger partial charge < -0.3 is 0 Å². The number of rotatable bonds is 1. The number of aliphatic carboxylic acids is 1. The molecule has 0 aliphatic heterocycles. The SMILES string of the molecule is [BiH3].[O]=[V][O]C(=O)C(=O)O. The predicted octanol–water partition coefficient (Wildman–Crippen LogP) is -2.23. The van der Waals surface area contributed by atoms with Crippen LogP contribution >= 0.6 is 0 Å². The summed E-state index contributed by atoms with van der Waals surface area (Å²) in [4.78, 5) is 19.2. The van der Waals surface area contributed by atoms with Crippen molar-refractivity contribution in [3.63, 3.8) is 0 Å². The zero-order chi connectivity index (χ0) is 6.57. The minimum atomic E-state index is -1.83. The van der Waals surface area contributed by atoms with Crippen LogP contribution < -0.4 is 0 Å². The third kappa shape index (κ3) is 6.09. The van der Waals surface area contributed by atoms with E-state index in [9.17, 15) is 13.3 Å². The molecule has 0 fully saturated rings. The van der Waals surface area contributed by atoms with E-state index in [-0.39, 0.29) is 26.2 Å². The molecule has 5 nitrogen and oxygen atoms in total. The monoisotopic (exact) mass is 368 g/mol. The van der Waals surface area contributed by atoms with Gasteiger partial charge in [0.05, 0.1) is 0 Å². The first kappa shape index (κ1) is 11.9. The van der Waals surface area contributed by atoms with Crippen LogP contribution in [0.15, 0.2) is 0 Å². The number of carboxylic acid groups (broad SMARTS) is 1. The molecule has 0 unspecified atom stereocenters. The van der Waals surface area contributed by atoms with Crippen molar-refractivity contribution in [3.8, 4) is 0 Å². The molecule has 0 saturated carbocycles. The molecule has 0 aromatic heterocycles. The number of carbonyl (C=O) groups is 2. The molecule has 7 heteroatoms. The van der Waals surface area contributed by atoms with Crippen molar-refractivity contribution in [1.82, 2.24) is 0 Å². The summed E-state index contributed by atoms with van der Waals surface area (Å²) in [6.07, 6.45) is 0. The molecule has 0 heterocycles. The van der Waals surface area contributed by atoms with Crippen molar-refractivity contribution >= 4 is 38.1 Å². The molecule has 0 amide bonds. The van der Waals surface area contributed by atoms with E-state index in [2.05, 4.69) is 3.66 Å². The van der Waals surface area contributed by atoms with E-state index in [1.165, 1.54) is 0 Å². The summed E-state index contributed by atoms with van der Waals surface area (Å²) in [5, 5.41) is 7.71. The Bertz CT molecular complexity index is 133. The minimum absolute atomic E-state index is 0. The number of carboxylic acids is 1. The van der Waals surface area contributed by atoms with E-state index in [0.717, 1.165) is 0 Å². The normalized spacial score (nSPS) is 6.67. The fraction of sp³-hybridized carbons (Fsp3) is 0. The van der Waals surface area contributed by atoms with Gasteiger partial charge in [0.25, 0.3) is 0 Å². The summed E-state index contributed by atoms with van der Waals surface area (Å²) >= 11 is -1.83. The maximum absolute atomic E-state index is 9.74. The molecule has 52 valence electrons. The molecule has 0 radical (unpaired) electrons. The first-order valence-corrected chi connectivity index (χ1v) is 2.59. The molecule has 0 aromatic rings. The van der Waals surface area contributed by atoms with E-state index in [1.807, 2.05) is 0 Å². The van der Waals surface area contributed by atoms with Crippen LogP contribution in [0, 0.1) is 0 Å². The fourth-order valence-corrected chi connectivity index (χ4v) is 0.301. The fourth-order valence-electron chi connectivity index (χ4n) is 0.0729. The summed E-state index contributed by atoms with van der Waals surface area (Å²) < 4.78 is 13.0. The van der Waals surface area contributed by atoms with Gasteiger partial charge in [-0.3, -0.25) is 0 Å². The Balaban J connectivity index is 0. The van der Waals surface area contributed by atoms with Crippen molar-refractivity contribution in [2.24, 2.45) is 0 Å². The van der Waals surface area contributed by atoms with E-state index in [0.29, 0.717) is 0 Å². The summed E-state index contributed by atoms with van der Waals surface area (Å²) in [6, 6.07) is 0. The summed E-state index contributed by atoms with van der Waals surface area (Å²) in [5.74, 6) is -3.20. The second-order valence-electron chi connectivity index (χ2n) is 0.758. The van der Waals surface area contributed by atoms with Crippen LogP contribution in [0.25, 0.3) is 0 Å². The molecule has 0 aliphatic carbocycles. The molecule has 0 atom stereocenters. The molecule has 0 bridgehead atoms. The van der Waals surface area contributed by atoms with Gasteiger partial charge in [-0.25, -0.2) is 0 Å². The average Bonchev–Trinajstić information content (AvgIpc) is 1.67. The summed E-state index contributed by atoms with van der Waals surface area (Å²) in [7, 11) is 0. The number of hydrogen-bond donors (Lipinski definition) is 1. The third-order valence-electron chi connectivity index (χ3n) is 0.295. The Morgan fingerprint density at radius 3 is 2.00 bits per heavy atom. The van der Waals surface area contributed by atoms with Crippen LogP contribution in [0.5, 0.6) is 0 Å². The van der Waals surface area contributed by atoms with Gasteiger partial charge in [-0.05, 0) is 0 Å². The topological polar surface area (TPSA) is 80.7 Å². The molecule has 9 heavy (non-hydrogen) atoms. The molecule has 0 saturated heterocycles. The second kappa shape index (κ2) is 6.33. The van der Waals surface area contributed by atoms with Gasteiger partial charge in [0.15, 0.2) is 0 Å². The standard InChI is InChI=1S/C2H2O4.Bi.O.V.3H/c3-1(4)2(5)6;;;;;;/h(H,3,4)(H,5,6);;;;;;/q;;;+1;;;/p-1.